The number of pyridine rings is 1. The summed E-state index contributed by atoms with van der Waals surface area (Å²) in [4.78, 5) is 16.4. The largest absolute Gasteiger partial charge is 0.428 e. The molecule has 0 unspecified atom stereocenters. The fourth-order valence-corrected chi connectivity index (χ4v) is 2.84. The third kappa shape index (κ3) is 4.81. The molecule has 0 bridgehead atoms. The Kier molecular flexibility index (Phi) is 5.52. The topological polar surface area (TPSA) is 110 Å². The maximum Gasteiger partial charge on any atom is 0.248 e. The Bertz CT molecular complexity index is 1090. The van der Waals surface area contributed by atoms with Crippen LogP contribution in [0, 0.1) is 0 Å². The van der Waals surface area contributed by atoms with Crippen LogP contribution in [0.25, 0.3) is 17.3 Å². The normalized spacial score (nSPS) is 11.0. The summed E-state index contributed by atoms with van der Waals surface area (Å²) in [7, 11) is 0. The Hall–Kier alpha value is -4.07. The van der Waals surface area contributed by atoms with Crippen molar-refractivity contribution in [3.8, 4) is 11.3 Å². The lowest BCUT2D eigenvalue weighted by atomic mass is 10.1. The van der Waals surface area contributed by atoms with Crippen LogP contribution < -0.4 is 5.32 Å². The van der Waals surface area contributed by atoms with Crippen molar-refractivity contribution >= 4 is 17.7 Å². The molecule has 0 radical (unpaired) electrons. The van der Waals surface area contributed by atoms with Gasteiger partial charge in [0.1, 0.15) is 0 Å². The number of rotatable bonds is 7. The van der Waals surface area contributed by atoms with Crippen molar-refractivity contribution in [2.24, 2.45) is 0 Å². The number of aromatic nitrogens is 5. The molecule has 3 aromatic heterocycles. The molecule has 4 aromatic rings. The van der Waals surface area contributed by atoms with E-state index in [0.29, 0.717) is 12.3 Å². The zero-order valence-corrected chi connectivity index (χ0v) is 15.4. The number of hydrogen-bond acceptors (Lipinski definition) is 6. The van der Waals surface area contributed by atoms with Gasteiger partial charge in [-0.15, -0.1) is 10.2 Å². The second kappa shape index (κ2) is 8.75. The van der Waals surface area contributed by atoms with Crippen molar-refractivity contribution < 1.29 is 9.21 Å². The smallest absolute Gasteiger partial charge is 0.248 e. The minimum Gasteiger partial charge on any atom is -0.428 e. The number of benzene rings is 1. The lowest BCUT2D eigenvalue weighted by Crippen LogP contribution is -2.07. The average molecular weight is 386 g/mol. The third-order valence-electron chi connectivity index (χ3n) is 4.30. The van der Waals surface area contributed by atoms with Crippen molar-refractivity contribution in [3.63, 3.8) is 0 Å². The van der Waals surface area contributed by atoms with Crippen LogP contribution in [0.4, 0.5) is 5.69 Å². The van der Waals surface area contributed by atoms with E-state index >= 15 is 0 Å². The monoisotopic (exact) mass is 386 g/mol. The van der Waals surface area contributed by atoms with E-state index in [-0.39, 0.29) is 5.91 Å². The predicted octanol–water partition coefficient (Wildman–Crippen LogP) is 3.29. The fourth-order valence-electron chi connectivity index (χ4n) is 2.84. The lowest BCUT2D eigenvalue weighted by molar-refractivity contribution is -0.111. The third-order valence-corrected chi connectivity index (χ3v) is 4.30. The summed E-state index contributed by atoms with van der Waals surface area (Å²) < 4.78 is 5.13. The van der Waals surface area contributed by atoms with Crippen LogP contribution in [-0.4, -0.2) is 31.3 Å². The molecule has 29 heavy (non-hydrogen) atoms. The van der Waals surface area contributed by atoms with Gasteiger partial charge in [0, 0.05) is 47.9 Å². The molecule has 4 rings (SSSR count). The summed E-state index contributed by atoms with van der Waals surface area (Å²) in [6.45, 7) is 0. The Morgan fingerprint density at radius 1 is 1.14 bits per heavy atom. The SMILES string of the molecule is O=C(C=Cc1cnccc1-c1cc[nH]n1)Nc1ccc(CCc2nnco2)cc1. The number of anilines is 1. The molecule has 0 spiro atoms. The molecule has 0 aliphatic rings. The van der Waals surface area contributed by atoms with Gasteiger partial charge >= 0.3 is 0 Å². The van der Waals surface area contributed by atoms with Crippen LogP contribution in [0.5, 0.6) is 0 Å². The van der Waals surface area contributed by atoms with Gasteiger partial charge in [0.15, 0.2) is 0 Å². The first kappa shape index (κ1) is 18.3. The van der Waals surface area contributed by atoms with Gasteiger partial charge in [-0.1, -0.05) is 12.1 Å². The van der Waals surface area contributed by atoms with Gasteiger partial charge in [0.05, 0.1) is 5.69 Å². The maximum atomic E-state index is 12.3. The molecular weight excluding hydrogens is 368 g/mol. The van der Waals surface area contributed by atoms with E-state index in [1.165, 1.54) is 12.5 Å². The van der Waals surface area contributed by atoms with Crippen molar-refractivity contribution in [2.75, 3.05) is 5.32 Å². The first-order valence-corrected chi connectivity index (χ1v) is 9.05. The second-order valence-electron chi connectivity index (χ2n) is 6.27. The van der Waals surface area contributed by atoms with Crippen molar-refractivity contribution in [3.05, 3.63) is 84.5 Å². The molecule has 1 aromatic carbocycles. The molecule has 0 aliphatic heterocycles. The van der Waals surface area contributed by atoms with Crippen LogP contribution in [0.3, 0.4) is 0 Å². The minimum absolute atomic E-state index is 0.222. The zero-order valence-electron chi connectivity index (χ0n) is 15.4. The number of H-pyrrole nitrogens is 1. The lowest BCUT2D eigenvalue weighted by Gasteiger charge is -2.05. The van der Waals surface area contributed by atoms with E-state index in [1.807, 2.05) is 36.4 Å². The number of carbonyl (C=O) groups is 1. The molecule has 2 N–H and O–H groups in total. The summed E-state index contributed by atoms with van der Waals surface area (Å²) >= 11 is 0. The number of carbonyl (C=O) groups excluding carboxylic acids is 1. The van der Waals surface area contributed by atoms with E-state index in [1.54, 1.807) is 24.7 Å². The number of hydrogen-bond donors (Lipinski definition) is 2. The van der Waals surface area contributed by atoms with Gasteiger partial charge in [-0.05, 0) is 42.3 Å². The highest BCUT2D eigenvalue weighted by Crippen LogP contribution is 2.21. The zero-order chi connectivity index (χ0) is 19.9. The average Bonchev–Trinajstić information content (AvgIpc) is 3.46. The van der Waals surface area contributed by atoms with Crippen LogP contribution in [0.2, 0.25) is 0 Å². The van der Waals surface area contributed by atoms with E-state index in [0.717, 1.165) is 34.5 Å². The summed E-state index contributed by atoms with van der Waals surface area (Å²) in [5, 5.41) is 17.3. The highest BCUT2D eigenvalue weighted by molar-refractivity contribution is 6.02. The Balaban J connectivity index is 1.36. The molecule has 0 atom stereocenters. The molecule has 3 heterocycles. The highest BCUT2D eigenvalue weighted by atomic mass is 16.4. The van der Waals surface area contributed by atoms with Gasteiger partial charge in [0.2, 0.25) is 18.2 Å². The predicted molar refractivity (Wildman–Crippen MR) is 108 cm³/mol. The molecule has 0 saturated heterocycles. The second-order valence-corrected chi connectivity index (χ2v) is 6.27. The van der Waals surface area contributed by atoms with Crippen LogP contribution in [0.15, 0.2) is 71.9 Å². The van der Waals surface area contributed by atoms with Crippen LogP contribution >= 0.6 is 0 Å². The van der Waals surface area contributed by atoms with Crippen molar-refractivity contribution in [2.45, 2.75) is 12.8 Å². The number of nitrogens with zero attached hydrogens (tertiary/aromatic N) is 4. The van der Waals surface area contributed by atoms with E-state index in [2.05, 4.69) is 30.7 Å². The number of nitrogens with one attached hydrogen (secondary N) is 2. The first-order valence-electron chi connectivity index (χ1n) is 9.05. The Morgan fingerprint density at radius 3 is 2.79 bits per heavy atom. The van der Waals surface area contributed by atoms with Gasteiger partial charge < -0.3 is 9.73 Å². The van der Waals surface area contributed by atoms with Crippen LogP contribution in [-0.2, 0) is 17.6 Å². The van der Waals surface area contributed by atoms with Crippen molar-refractivity contribution in [1.82, 2.24) is 25.4 Å². The molecule has 0 saturated carbocycles. The maximum absolute atomic E-state index is 12.3. The van der Waals surface area contributed by atoms with Crippen molar-refractivity contribution in [1.29, 1.82) is 0 Å². The standard InChI is InChI=1S/C21H18N6O2/c28-20(7-4-16-13-22-11-9-18(16)19-10-12-23-26-19)25-17-5-1-15(2-6-17)3-8-21-27-24-14-29-21/h1-2,4-7,9-14H,3,8H2,(H,23,26)(H,25,28). The van der Waals surface area contributed by atoms with Gasteiger partial charge in [-0.2, -0.15) is 5.10 Å². The molecule has 8 heteroatoms. The first-order chi connectivity index (χ1) is 14.3. The van der Waals surface area contributed by atoms with Gasteiger partial charge in [-0.3, -0.25) is 14.9 Å². The Labute approximate surface area is 166 Å². The van der Waals surface area contributed by atoms with E-state index in [4.69, 9.17) is 4.42 Å². The minimum atomic E-state index is -0.222. The number of aryl methyl sites for hydroxylation is 2. The van der Waals surface area contributed by atoms with E-state index < -0.39 is 0 Å². The highest BCUT2D eigenvalue weighted by Gasteiger charge is 2.06. The Morgan fingerprint density at radius 2 is 2.03 bits per heavy atom. The summed E-state index contributed by atoms with van der Waals surface area (Å²) in [6, 6.07) is 11.4. The molecule has 8 nitrogen and oxygen atoms in total. The van der Waals surface area contributed by atoms with E-state index in [9.17, 15) is 4.79 Å². The molecule has 144 valence electrons. The van der Waals surface area contributed by atoms with Crippen LogP contribution in [0.1, 0.15) is 17.0 Å². The summed E-state index contributed by atoms with van der Waals surface area (Å²) in [6.07, 6.45) is 11.1. The number of amides is 1. The fraction of sp³-hybridized carbons (Fsp3) is 0.0952. The number of aromatic amines is 1. The molecule has 1 amide bonds. The summed E-state index contributed by atoms with van der Waals surface area (Å²) in [5.41, 5.74) is 4.35. The quantitative estimate of drug-likeness (QED) is 0.472. The molecular formula is C21H18N6O2. The van der Waals surface area contributed by atoms with Gasteiger partial charge in [-0.25, -0.2) is 0 Å². The van der Waals surface area contributed by atoms with Gasteiger partial charge in [0.25, 0.3) is 0 Å². The molecule has 0 aliphatic carbocycles. The summed E-state index contributed by atoms with van der Waals surface area (Å²) in [5.74, 6) is 0.387. The molecule has 0 fully saturated rings.